The summed E-state index contributed by atoms with van der Waals surface area (Å²) in [6, 6.07) is 19.7. The molecule has 0 fully saturated rings. The van der Waals surface area contributed by atoms with Gasteiger partial charge in [0.15, 0.2) is 5.82 Å². The summed E-state index contributed by atoms with van der Waals surface area (Å²) in [6.45, 7) is 4.00. The Bertz CT molecular complexity index is 1590. The van der Waals surface area contributed by atoms with Crippen molar-refractivity contribution in [3.63, 3.8) is 0 Å². The smallest absolute Gasteiger partial charge is 0.243 e. The fraction of sp³-hybridized carbons (Fsp3) is 0.111. The number of sulfonamides is 1. The van der Waals surface area contributed by atoms with Crippen LogP contribution in [0.4, 0.5) is 10.2 Å². The van der Waals surface area contributed by atoms with Crippen molar-refractivity contribution in [3.8, 4) is 5.75 Å². The molecule has 0 spiro atoms. The number of aliphatic imine (C=N–C) groups is 1. The number of phenols is 1. The van der Waals surface area contributed by atoms with Gasteiger partial charge in [0.05, 0.1) is 10.7 Å². The largest absolute Gasteiger partial charge is 0.508 e. The highest BCUT2D eigenvalue weighted by Gasteiger charge is 2.18. The van der Waals surface area contributed by atoms with Crippen LogP contribution in [0.5, 0.6) is 5.75 Å². The Morgan fingerprint density at radius 3 is 2.53 bits per heavy atom. The minimum Gasteiger partial charge on any atom is -0.508 e. The average Bonchev–Trinajstić information content (AvgIpc) is 3.29. The van der Waals surface area contributed by atoms with Gasteiger partial charge in [-0.05, 0) is 70.0 Å². The van der Waals surface area contributed by atoms with Crippen molar-refractivity contribution >= 4 is 44.3 Å². The van der Waals surface area contributed by atoms with Crippen molar-refractivity contribution in [2.24, 2.45) is 4.99 Å². The molecule has 196 valence electrons. The molecule has 0 saturated carbocycles. The van der Waals surface area contributed by atoms with Crippen LogP contribution in [0.1, 0.15) is 16.7 Å². The minimum absolute atomic E-state index is 0.00285. The topological polar surface area (TPSA) is 109 Å². The molecule has 38 heavy (non-hydrogen) atoms. The molecule has 0 aliphatic heterocycles. The Balaban J connectivity index is 1.51. The molecular weight excluding hydrogens is 573 g/mol. The minimum atomic E-state index is -4.01. The molecule has 4 aromatic rings. The molecule has 0 radical (unpaired) electrons. The van der Waals surface area contributed by atoms with Gasteiger partial charge >= 0.3 is 0 Å². The Morgan fingerprint density at radius 2 is 1.79 bits per heavy atom. The number of hydrogen-bond acceptors (Lipinski definition) is 6. The number of aromatic nitrogens is 2. The van der Waals surface area contributed by atoms with Crippen molar-refractivity contribution in [3.05, 3.63) is 112 Å². The molecule has 0 bridgehead atoms. The zero-order valence-electron chi connectivity index (χ0n) is 20.2. The monoisotopic (exact) mass is 597 g/mol. The summed E-state index contributed by atoms with van der Waals surface area (Å²) in [5, 5.41) is 17.9. The van der Waals surface area contributed by atoms with E-state index in [2.05, 4.69) is 42.8 Å². The molecule has 4 rings (SSSR count). The van der Waals surface area contributed by atoms with E-state index in [1.54, 1.807) is 29.1 Å². The number of hydrogen-bond donors (Lipinski definition) is 3. The summed E-state index contributed by atoms with van der Waals surface area (Å²) in [5.74, 6) is 0.515. The van der Waals surface area contributed by atoms with Crippen molar-refractivity contribution in [1.82, 2.24) is 19.8 Å². The van der Waals surface area contributed by atoms with E-state index in [9.17, 15) is 17.9 Å². The second kappa shape index (κ2) is 12.2. The normalized spacial score (nSPS) is 11.9. The number of nitrogens with one attached hydrogen (secondary N) is 2. The lowest BCUT2D eigenvalue weighted by atomic mass is 10.1. The van der Waals surface area contributed by atoms with Gasteiger partial charge in [-0.25, -0.2) is 22.5 Å². The molecule has 0 amide bonds. The highest BCUT2D eigenvalue weighted by Crippen LogP contribution is 2.27. The quantitative estimate of drug-likeness (QED) is 0.208. The number of aromatic hydroxyl groups is 1. The third-order valence-electron chi connectivity index (χ3n) is 5.64. The number of benzene rings is 3. The average molecular weight is 598 g/mol. The second-order valence-corrected chi connectivity index (χ2v) is 10.8. The fourth-order valence-electron chi connectivity index (χ4n) is 3.73. The van der Waals surface area contributed by atoms with Gasteiger partial charge in [-0.1, -0.05) is 54.6 Å². The molecule has 8 nitrogen and oxygen atoms in total. The first-order chi connectivity index (χ1) is 18.3. The van der Waals surface area contributed by atoms with Gasteiger partial charge in [0, 0.05) is 13.1 Å². The first-order valence-electron chi connectivity index (χ1n) is 11.5. The van der Waals surface area contributed by atoms with Crippen LogP contribution in [0.25, 0.3) is 5.82 Å². The van der Waals surface area contributed by atoms with E-state index in [1.807, 2.05) is 36.4 Å². The standard InChI is InChI=1S/C27H25BrFN5O3S/c1-30-27-22(28)18-32-34(27)26(14-13-21-9-2-4-11-24(21)35)31-16-19-7-6-8-20(15-19)17-33-38(36,37)25-12-5-3-10-23(25)29/h2-12,14-15,18,31,33,35H,1,13,16-17H2/b26-14-. The van der Waals surface area contributed by atoms with Crippen LogP contribution in [0.15, 0.2) is 99.4 Å². The van der Waals surface area contributed by atoms with E-state index in [0.29, 0.717) is 34.6 Å². The predicted molar refractivity (Wildman–Crippen MR) is 149 cm³/mol. The Morgan fingerprint density at radius 1 is 1.08 bits per heavy atom. The molecule has 3 N–H and O–H groups in total. The maximum absolute atomic E-state index is 14.0. The van der Waals surface area contributed by atoms with E-state index in [0.717, 1.165) is 17.2 Å². The number of para-hydroxylation sites is 1. The van der Waals surface area contributed by atoms with Gasteiger partial charge in [-0.2, -0.15) is 9.78 Å². The van der Waals surface area contributed by atoms with Crippen molar-refractivity contribution in [2.45, 2.75) is 24.4 Å². The number of nitrogens with zero attached hydrogens (tertiary/aromatic N) is 3. The Labute approximate surface area is 228 Å². The van der Waals surface area contributed by atoms with Crippen LogP contribution in [0, 0.1) is 5.82 Å². The zero-order valence-corrected chi connectivity index (χ0v) is 22.6. The summed E-state index contributed by atoms with van der Waals surface area (Å²) in [4.78, 5) is 3.66. The summed E-state index contributed by atoms with van der Waals surface area (Å²) >= 11 is 3.42. The van der Waals surface area contributed by atoms with Crippen molar-refractivity contribution in [2.75, 3.05) is 0 Å². The van der Waals surface area contributed by atoms with E-state index >= 15 is 0 Å². The highest BCUT2D eigenvalue weighted by molar-refractivity contribution is 9.10. The fourth-order valence-corrected chi connectivity index (χ4v) is 5.20. The van der Waals surface area contributed by atoms with Gasteiger partial charge in [0.2, 0.25) is 10.0 Å². The van der Waals surface area contributed by atoms with Gasteiger partial charge in [-0.15, -0.1) is 0 Å². The van der Waals surface area contributed by atoms with Crippen LogP contribution < -0.4 is 10.0 Å². The summed E-state index contributed by atoms with van der Waals surface area (Å²) in [5.41, 5.74) is 2.33. The molecule has 1 aromatic heterocycles. The molecule has 0 aliphatic carbocycles. The van der Waals surface area contributed by atoms with Crippen LogP contribution in [-0.4, -0.2) is 30.0 Å². The number of halogens is 2. The first-order valence-corrected chi connectivity index (χ1v) is 13.8. The summed E-state index contributed by atoms with van der Waals surface area (Å²) in [7, 11) is -4.01. The number of allylic oxidation sites excluding steroid dienone is 1. The SMILES string of the molecule is C=Nc1c(Br)cnn1/C(=C\Cc1ccccc1O)NCc1cccc(CNS(=O)(=O)c2ccccc2F)c1. The highest BCUT2D eigenvalue weighted by atomic mass is 79.9. The van der Waals surface area contributed by atoms with Gasteiger partial charge < -0.3 is 10.4 Å². The van der Waals surface area contributed by atoms with E-state index in [1.165, 1.54) is 18.2 Å². The van der Waals surface area contributed by atoms with E-state index in [-0.39, 0.29) is 12.3 Å². The van der Waals surface area contributed by atoms with Crippen LogP contribution in [0.3, 0.4) is 0 Å². The molecule has 3 aromatic carbocycles. The predicted octanol–water partition coefficient (Wildman–Crippen LogP) is 5.13. The van der Waals surface area contributed by atoms with Gasteiger partial charge in [0.1, 0.15) is 22.3 Å². The molecule has 0 aliphatic rings. The Hall–Kier alpha value is -3.80. The third-order valence-corrected chi connectivity index (χ3v) is 7.64. The summed E-state index contributed by atoms with van der Waals surface area (Å²) in [6.07, 6.45) is 3.93. The lowest BCUT2D eigenvalue weighted by Gasteiger charge is -2.14. The zero-order chi connectivity index (χ0) is 27.1. The van der Waals surface area contributed by atoms with Crippen LogP contribution in [-0.2, 0) is 29.5 Å². The van der Waals surface area contributed by atoms with E-state index in [4.69, 9.17) is 0 Å². The number of phenolic OH excluding ortho intramolecular Hbond substituents is 1. The molecule has 1 heterocycles. The molecule has 0 saturated heterocycles. The number of rotatable bonds is 11. The van der Waals surface area contributed by atoms with Gasteiger partial charge in [0.25, 0.3) is 0 Å². The van der Waals surface area contributed by atoms with Crippen molar-refractivity contribution < 1.29 is 17.9 Å². The second-order valence-electron chi connectivity index (χ2n) is 8.24. The first kappa shape index (κ1) is 27.2. The van der Waals surface area contributed by atoms with Crippen molar-refractivity contribution in [1.29, 1.82) is 0 Å². The Kier molecular flexibility index (Phi) is 8.72. The van der Waals surface area contributed by atoms with Gasteiger partial charge in [-0.3, -0.25) is 0 Å². The summed E-state index contributed by atoms with van der Waals surface area (Å²) < 4.78 is 43.8. The van der Waals surface area contributed by atoms with Crippen LogP contribution >= 0.6 is 15.9 Å². The van der Waals surface area contributed by atoms with Crippen LogP contribution in [0.2, 0.25) is 0 Å². The molecule has 11 heteroatoms. The molecule has 0 atom stereocenters. The molecule has 0 unspecified atom stereocenters. The maximum Gasteiger partial charge on any atom is 0.243 e. The lowest BCUT2D eigenvalue weighted by molar-refractivity contribution is 0.469. The molecular formula is C27H25BrFN5O3S. The maximum atomic E-state index is 14.0. The van der Waals surface area contributed by atoms with E-state index < -0.39 is 20.7 Å². The third kappa shape index (κ3) is 6.55. The lowest BCUT2D eigenvalue weighted by Crippen LogP contribution is -2.24.